The maximum atomic E-state index is 13.2. The van der Waals surface area contributed by atoms with Gasteiger partial charge in [-0.2, -0.15) is 0 Å². The average Bonchev–Trinajstić information content (AvgIpc) is 2.35. The standard InChI is InChI=1S/C17H27FN2/c1-12(2)7-17-9-19-14(4)10-20(17)11-15-5-6-16(18)8-13(15)3/h5-6,8,12,14,17,19H,7,9-11H2,1-4H3. The summed E-state index contributed by atoms with van der Waals surface area (Å²) in [5.41, 5.74) is 2.30. The van der Waals surface area contributed by atoms with E-state index in [1.54, 1.807) is 12.1 Å². The van der Waals surface area contributed by atoms with Gasteiger partial charge in [-0.15, -0.1) is 0 Å². The highest BCUT2D eigenvalue weighted by atomic mass is 19.1. The summed E-state index contributed by atoms with van der Waals surface area (Å²) < 4.78 is 13.2. The summed E-state index contributed by atoms with van der Waals surface area (Å²) in [5, 5.41) is 3.58. The monoisotopic (exact) mass is 278 g/mol. The number of hydrogen-bond donors (Lipinski definition) is 1. The van der Waals surface area contributed by atoms with E-state index in [1.807, 2.05) is 13.0 Å². The third kappa shape index (κ3) is 4.03. The molecule has 0 bridgehead atoms. The number of nitrogens with zero attached hydrogens (tertiary/aromatic N) is 1. The van der Waals surface area contributed by atoms with Crippen molar-refractivity contribution in [3.63, 3.8) is 0 Å². The zero-order valence-electron chi connectivity index (χ0n) is 13.1. The third-order valence-electron chi connectivity index (χ3n) is 4.15. The van der Waals surface area contributed by atoms with Gasteiger partial charge in [-0.05, 0) is 49.4 Å². The first-order valence-corrected chi connectivity index (χ1v) is 7.68. The van der Waals surface area contributed by atoms with Crippen LogP contribution in [-0.2, 0) is 6.54 Å². The Labute approximate surface area is 122 Å². The highest BCUT2D eigenvalue weighted by molar-refractivity contribution is 5.26. The van der Waals surface area contributed by atoms with Gasteiger partial charge in [-0.3, -0.25) is 4.90 Å². The second-order valence-electron chi connectivity index (χ2n) is 6.59. The Morgan fingerprint density at radius 2 is 2.15 bits per heavy atom. The van der Waals surface area contributed by atoms with Gasteiger partial charge in [0.25, 0.3) is 0 Å². The number of aryl methyl sites for hydroxylation is 1. The molecule has 20 heavy (non-hydrogen) atoms. The molecule has 0 amide bonds. The van der Waals surface area contributed by atoms with Crippen molar-refractivity contribution in [1.82, 2.24) is 10.2 Å². The molecule has 1 heterocycles. The minimum absolute atomic E-state index is 0.140. The van der Waals surface area contributed by atoms with E-state index in [0.717, 1.165) is 25.2 Å². The first kappa shape index (κ1) is 15.5. The van der Waals surface area contributed by atoms with Crippen molar-refractivity contribution in [3.8, 4) is 0 Å². The fourth-order valence-electron chi connectivity index (χ4n) is 3.06. The molecule has 1 fully saturated rings. The normalized spacial score (nSPS) is 24.3. The average molecular weight is 278 g/mol. The third-order valence-corrected chi connectivity index (χ3v) is 4.15. The van der Waals surface area contributed by atoms with Crippen molar-refractivity contribution in [3.05, 3.63) is 35.1 Å². The lowest BCUT2D eigenvalue weighted by Crippen LogP contribution is -2.55. The summed E-state index contributed by atoms with van der Waals surface area (Å²) in [6.07, 6.45) is 1.21. The van der Waals surface area contributed by atoms with Crippen molar-refractivity contribution in [2.45, 2.75) is 52.7 Å². The van der Waals surface area contributed by atoms with Crippen molar-refractivity contribution < 1.29 is 4.39 Å². The van der Waals surface area contributed by atoms with E-state index in [1.165, 1.54) is 12.0 Å². The van der Waals surface area contributed by atoms with Gasteiger partial charge in [0.05, 0.1) is 0 Å². The molecule has 0 aliphatic carbocycles. The molecule has 1 aromatic carbocycles. The Balaban J connectivity index is 2.10. The quantitative estimate of drug-likeness (QED) is 0.908. The molecular formula is C17H27FN2. The van der Waals surface area contributed by atoms with E-state index in [2.05, 4.69) is 31.0 Å². The zero-order valence-corrected chi connectivity index (χ0v) is 13.1. The van der Waals surface area contributed by atoms with E-state index < -0.39 is 0 Å². The SMILES string of the molecule is Cc1cc(F)ccc1CN1CC(C)NCC1CC(C)C. The molecule has 0 saturated carbocycles. The molecule has 1 aliphatic heterocycles. The largest absolute Gasteiger partial charge is 0.311 e. The van der Waals surface area contributed by atoms with E-state index in [0.29, 0.717) is 18.0 Å². The topological polar surface area (TPSA) is 15.3 Å². The molecule has 2 nitrogen and oxygen atoms in total. The maximum absolute atomic E-state index is 13.2. The van der Waals surface area contributed by atoms with Gasteiger partial charge in [0.1, 0.15) is 5.82 Å². The maximum Gasteiger partial charge on any atom is 0.123 e. The number of benzene rings is 1. The molecule has 1 N–H and O–H groups in total. The number of hydrogen-bond acceptors (Lipinski definition) is 2. The molecule has 1 aromatic rings. The molecule has 0 spiro atoms. The van der Waals surface area contributed by atoms with Gasteiger partial charge in [-0.25, -0.2) is 4.39 Å². The van der Waals surface area contributed by atoms with Crippen LogP contribution in [-0.4, -0.2) is 30.1 Å². The minimum atomic E-state index is -0.140. The fourth-order valence-corrected chi connectivity index (χ4v) is 3.06. The van der Waals surface area contributed by atoms with Crippen molar-refractivity contribution in [2.75, 3.05) is 13.1 Å². The van der Waals surface area contributed by atoms with E-state index >= 15 is 0 Å². The molecule has 1 aliphatic rings. The number of rotatable bonds is 4. The summed E-state index contributed by atoms with van der Waals surface area (Å²) in [5.74, 6) is 0.561. The second kappa shape index (κ2) is 6.68. The number of piperazine rings is 1. The smallest absolute Gasteiger partial charge is 0.123 e. The van der Waals surface area contributed by atoms with E-state index in [-0.39, 0.29) is 5.82 Å². The molecule has 0 radical (unpaired) electrons. The molecule has 1 saturated heterocycles. The molecule has 2 unspecified atom stereocenters. The first-order chi connectivity index (χ1) is 9.45. The van der Waals surface area contributed by atoms with Crippen LogP contribution in [0.1, 0.15) is 38.3 Å². The Morgan fingerprint density at radius 1 is 1.40 bits per heavy atom. The van der Waals surface area contributed by atoms with Crippen LogP contribution in [0.15, 0.2) is 18.2 Å². The number of nitrogens with one attached hydrogen (secondary N) is 1. The lowest BCUT2D eigenvalue weighted by atomic mass is 9.98. The first-order valence-electron chi connectivity index (χ1n) is 7.68. The van der Waals surface area contributed by atoms with Crippen molar-refractivity contribution in [2.24, 2.45) is 5.92 Å². The molecule has 112 valence electrons. The van der Waals surface area contributed by atoms with Crippen molar-refractivity contribution in [1.29, 1.82) is 0 Å². The van der Waals surface area contributed by atoms with Crippen LogP contribution in [0.5, 0.6) is 0 Å². The summed E-state index contributed by atoms with van der Waals surface area (Å²) >= 11 is 0. The van der Waals surface area contributed by atoms with Gasteiger partial charge in [0.15, 0.2) is 0 Å². The number of halogens is 1. The molecular weight excluding hydrogens is 251 g/mol. The van der Waals surface area contributed by atoms with Crippen LogP contribution in [0.2, 0.25) is 0 Å². The zero-order chi connectivity index (χ0) is 14.7. The Bertz CT molecular complexity index is 445. The van der Waals surface area contributed by atoms with Crippen LogP contribution < -0.4 is 5.32 Å². The summed E-state index contributed by atoms with van der Waals surface area (Å²) in [6, 6.07) is 6.25. The van der Waals surface area contributed by atoms with Gasteiger partial charge in [-0.1, -0.05) is 19.9 Å². The van der Waals surface area contributed by atoms with E-state index in [4.69, 9.17) is 0 Å². The molecule has 2 rings (SSSR count). The Morgan fingerprint density at radius 3 is 2.80 bits per heavy atom. The van der Waals surface area contributed by atoms with Crippen molar-refractivity contribution >= 4 is 0 Å². The van der Waals surface area contributed by atoms with Crippen LogP contribution >= 0.6 is 0 Å². The summed E-state index contributed by atoms with van der Waals surface area (Å²) in [6.45, 7) is 11.8. The van der Waals surface area contributed by atoms with Crippen LogP contribution in [0.4, 0.5) is 4.39 Å². The molecule has 2 atom stereocenters. The second-order valence-corrected chi connectivity index (χ2v) is 6.59. The highest BCUT2D eigenvalue weighted by Gasteiger charge is 2.26. The predicted octanol–water partition coefficient (Wildman–Crippen LogP) is 3.34. The minimum Gasteiger partial charge on any atom is -0.311 e. The predicted molar refractivity (Wildman–Crippen MR) is 82.3 cm³/mol. The Kier molecular flexibility index (Phi) is 5.17. The van der Waals surface area contributed by atoms with Crippen LogP contribution in [0, 0.1) is 18.7 Å². The van der Waals surface area contributed by atoms with Crippen LogP contribution in [0.25, 0.3) is 0 Å². The lowest BCUT2D eigenvalue weighted by molar-refractivity contribution is 0.111. The van der Waals surface area contributed by atoms with Crippen LogP contribution in [0.3, 0.4) is 0 Å². The van der Waals surface area contributed by atoms with Gasteiger partial charge < -0.3 is 5.32 Å². The fraction of sp³-hybridized carbons (Fsp3) is 0.647. The molecule has 3 heteroatoms. The summed E-state index contributed by atoms with van der Waals surface area (Å²) in [7, 11) is 0. The van der Waals surface area contributed by atoms with E-state index in [9.17, 15) is 4.39 Å². The van der Waals surface area contributed by atoms with Gasteiger partial charge in [0, 0.05) is 31.7 Å². The lowest BCUT2D eigenvalue weighted by Gasteiger charge is -2.40. The summed E-state index contributed by atoms with van der Waals surface area (Å²) in [4.78, 5) is 2.56. The highest BCUT2D eigenvalue weighted by Crippen LogP contribution is 2.20. The van der Waals surface area contributed by atoms with Gasteiger partial charge >= 0.3 is 0 Å². The Hall–Kier alpha value is -0.930. The molecule has 0 aromatic heterocycles. The van der Waals surface area contributed by atoms with Gasteiger partial charge in [0.2, 0.25) is 0 Å².